The highest BCUT2D eigenvalue weighted by Gasteiger charge is 2.17. The summed E-state index contributed by atoms with van der Waals surface area (Å²) in [5.74, 6) is -1.52. The molecule has 0 unspecified atom stereocenters. The second-order valence-electron chi connectivity index (χ2n) is 6.41. The molecule has 1 heterocycles. The topological polar surface area (TPSA) is 84.5 Å². The quantitative estimate of drug-likeness (QED) is 0.484. The number of ether oxygens (including phenoxy) is 1. The van der Waals surface area contributed by atoms with Gasteiger partial charge in [0.25, 0.3) is 5.91 Å². The van der Waals surface area contributed by atoms with Crippen molar-refractivity contribution in [3.63, 3.8) is 0 Å². The van der Waals surface area contributed by atoms with Crippen molar-refractivity contribution < 1.29 is 19.1 Å². The van der Waals surface area contributed by atoms with Gasteiger partial charge in [-0.3, -0.25) is 9.59 Å². The van der Waals surface area contributed by atoms with Gasteiger partial charge in [0.15, 0.2) is 6.61 Å². The summed E-state index contributed by atoms with van der Waals surface area (Å²) in [6.45, 7) is 1.29. The van der Waals surface area contributed by atoms with Crippen molar-refractivity contribution in [1.82, 2.24) is 5.32 Å². The number of rotatable bonds is 7. The Balaban J connectivity index is 1.49. The van der Waals surface area contributed by atoms with Crippen LogP contribution in [0.5, 0.6) is 0 Å². The second kappa shape index (κ2) is 10.2. The van der Waals surface area contributed by atoms with E-state index in [-0.39, 0.29) is 12.5 Å². The van der Waals surface area contributed by atoms with Gasteiger partial charge in [0.1, 0.15) is 4.88 Å². The molecule has 0 fully saturated rings. The van der Waals surface area contributed by atoms with Gasteiger partial charge in [-0.25, -0.2) is 4.79 Å². The molecular weight excluding hydrogens is 468 g/mol. The fraction of sp³-hybridized carbons (Fsp3) is 0.136. The lowest BCUT2D eigenvalue weighted by molar-refractivity contribution is -0.126. The van der Waals surface area contributed by atoms with Crippen LogP contribution in [-0.4, -0.2) is 30.9 Å². The summed E-state index contributed by atoms with van der Waals surface area (Å²) in [4.78, 5) is 36.8. The summed E-state index contributed by atoms with van der Waals surface area (Å²) in [5, 5.41) is 6.91. The minimum atomic E-state index is -0.576. The number of aryl methyl sites for hydroxylation is 1. The summed E-state index contributed by atoms with van der Waals surface area (Å²) in [6, 6.07) is 16.8. The summed E-state index contributed by atoms with van der Waals surface area (Å²) in [6.07, 6.45) is 0. The predicted molar refractivity (Wildman–Crippen MR) is 121 cm³/mol. The Morgan fingerprint density at radius 3 is 2.47 bits per heavy atom. The Labute approximate surface area is 186 Å². The van der Waals surface area contributed by atoms with E-state index in [1.807, 2.05) is 43.3 Å². The van der Waals surface area contributed by atoms with Crippen molar-refractivity contribution in [2.75, 3.05) is 18.5 Å². The van der Waals surface area contributed by atoms with Gasteiger partial charge in [-0.1, -0.05) is 42.0 Å². The van der Waals surface area contributed by atoms with E-state index in [1.165, 1.54) is 11.3 Å². The Hall–Kier alpha value is -2.97. The molecule has 6 nitrogen and oxygen atoms in total. The van der Waals surface area contributed by atoms with Crippen LogP contribution in [0.15, 0.2) is 64.5 Å². The van der Waals surface area contributed by atoms with E-state index in [0.29, 0.717) is 10.6 Å². The summed E-state index contributed by atoms with van der Waals surface area (Å²) in [7, 11) is 0. The average Bonchev–Trinajstić information content (AvgIpc) is 3.23. The second-order valence-corrected chi connectivity index (χ2v) is 8.18. The van der Waals surface area contributed by atoms with Crippen LogP contribution in [-0.2, 0) is 14.3 Å². The maximum atomic E-state index is 12.4. The first-order chi connectivity index (χ1) is 14.4. The van der Waals surface area contributed by atoms with Gasteiger partial charge in [0.05, 0.1) is 12.2 Å². The van der Waals surface area contributed by atoms with Crippen LogP contribution < -0.4 is 10.6 Å². The standard InChI is InChI=1S/C22H19BrN2O4S/c1-14-6-8-15(9-7-14)16-10-11-30-21(16)22(28)29-13-20(27)24-12-19(26)25-18-5-3-2-4-17(18)23/h2-11H,12-13H2,1H3,(H,24,27)(H,25,26). The van der Waals surface area contributed by atoms with Crippen LogP contribution in [0.3, 0.4) is 0 Å². The van der Waals surface area contributed by atoms with E-state index in [9.17, 15) is 14.4 Å². The largest absolute Gasteiger partial charge is 0.451 e. The fourth-order valence-electron chi connectivity index (χ4n) is 2.61. The van der Waals surface area contributed by atoms with Crippen molar-refractivity contribution in [2.24, 2.45) is 0 Å². The van der Waals surface area contributed by atoms with Gasteiger partial charge in [0.2, 0.25) is 5.91 Å². The molecule has 30 heavy (non-hydrogen) atoms. The molecule has 154 valence electrons. The third kappa shape index (κ3) is 5.77. The number of hydrogen-bond acceptors (Lipinski definition) is 5. The maximum Gasteiger partial charge on any atom is 0.349 e. The number of benzene rings is 2. The van der Waals surface area contributed by atoms with E-state index in [4.69, 9.17) is 4.74 Å². The molecule has 8 heteroatoms. The number of carbonyl (C=O) groups excluding carboxylic acids is 3. The third-order valence-corrected chi connectivity index (χ3v) is 5.73. The van der Waals surface area contributed by atoms with Gasteiger partial charge in [0, 0.05) is 10.0 Å². The molecule has 1 aromatic heterocycles. The number of halogens is 1. The first kappa shape index (κ1) is 21.7. The van der Waals surface area contributed by atoms with Crippen LogP contribution in [0.2, 0.25) is 0 Å². The number of thiophene rings is 1. The molecule has 0 saturated heterocycles. The predicted octanol–water partition coefficient (Wildman–Crippen LogP) is 4.40. The van der Waals surface area contributed by atoms with Crippen LogP contribution in [0.1, 0.15) is 15.2 Å². The normalized spacial score (nSPS) is 10.3. The Kier molecular flexibility index (Phi) is 7.37. The molecule has 0 atom stereocenters. The molecule has 0 aliphatic rings. The zero-order chi connectivity index (χ0) is 21.5. The summed E-state index contributed by atoms with van der Waals surface area (Å²) in [5.41, 5.74) is 3.39. The van der Waals surface area contributed by atoms with Gasteiger partial charge in [-0.15, -0.1) is 11.3 Å². The Morgan fingerprint density at radius 1 is 1.00 bits per heavy atom. The van der Waals surface area contributed by atoms with Crippen LogP contribution in [0, 0.1) is 6.92 Å². The van der Waals surface area contributed by atoms with E-state index in [0.717, 1.165) is 21.2 Å². The number of para-hydroxylation sites is 1. The van der Waals surface area contributed by atoms with E-state index in [1.54, 1.807) is 23.6 Å². The van der Waals surface area contributed by atoms with Crippen molar-refractivity contribution in [1.29, 1.82) is 0 Å². The SMILES string of the molecule is Cc1ccc(-c2ccsc2C(=O)OCC(=O)NCC(=O)Nc2ccccc2Br)cc1. The minimum Gasteiger partial charge on any atom is -0.451 e. The highest BCUT2D eigenvalue weighted by Crippen LogP contribution is 2.29. The molecule has 0 aliphatic heterocycles. The highest BCUT2D eigenvalue weighted by molar-refractivity contribution is 9.10. The molecule has 0 radical (unpaired) electrons. The number of anilines is 1. The zero-order valence-electron chi connectivity index (χ0n) is 16.1. The number of nitrogens with one attached hydrogen (secondary N) is 2. The fourth-order valence-corrected chi connectivity index (χ4v) is 3.80. The Bertz CT molecular complexity index is 1060. The smallest absolute Gasteiger partial charge is 0.349 e. The average molecular weight is 487 g/mol. The van der Waals surface area contributed by atoms with Gasteiger partial charge in [-0.05, 0) is 52.0 Å². The molecule has 0 saturated carbocycles. The van der Waals surface area contributed by atoms with Crippen molar-refractivity contribution in [3.05, 3.63) is 74.9 Å². The van der Waals surface area contributed by atoms with Crippen LogP contribution >= 0.6 is 27.3 Å². The molecule has 2 amide bonds. The minimum absolute atomic E-state index is 0.231. The first-order valence-electron chi connectivity index (χ1n) is 9.07. The molecule has 0 bridgehead atoms. The van der Waals surface area contributed by atoms with Crippen LogP contribution in [0.4, 0.5) is 5.69 Å². The lowest BCUT2D eigenvalue weighted by Gasteiger charge is -2.09. The molecule has 3 aromatic rings. The molecule has 0 spiro atoms. The zero-order valence-corrected chi connectivity index (χ0v) is 18.5. The molecule has 3 rings (SSSR count). The van der Waals surface area contributed by atoms with Crippen LogP contribution in [0.25, 0.3) is 11.1 Å². The van der Waals surface area contributed by atoms with E-state index < -0.39 is 18.5 Å². The van der Waals surface area contributed by atoms with Gasteiger partial charge >= 0.3 is 5.97 Å². The molecular formula is C22H19BrN2O4S. The molecule has 2 aromatic carbocycles. The number of amides is 2. The highest BCUT2D eigenvalue weighted by atomic mass is 79.9. The lowest BCUT2D eigenvalue weighted by atomic mass is 10.1. The van der Waals surface area contributed by atoms with E-state index in [2.05, 4.69) is 26.6 Å². The third-order valence-electron chi connectivity index (χ3n) is 4.14. The summed E-state index contributed by atoms with van der Waals surface area (Å²) >= 11 is 4.59. The molecule has 0 aliphatic carbocycles. The summed E-state index contributed by atoms with van der Waals surface area (Å²) < 4.78 is 5.86. The van der Waals surface area contributed by atoms with Crippen molar-refractivity contribution in [2.45, 2.75) is 6.92 Å². The Morgan fingerprint density at radius 2 is 1.73 bits per heavy atom. The molecule has 2 N–H and O–H groups in total. The van der Waals surface area contributed by atoms with Gasteiger partial charge < -0.3 is 15.4 Å². The van der Waals surface area contributed by atoms with Crippen molar-refractivity contribution >= 4 is 50.7 Å². The maximum absolute atomic E-state index is 12.4. The van der Waals surface area contributed by atoms with Gasteiger partial charge in [-0.2, -0.15) is 0 Å². The first-order valence-corrected chi connectivity index (χ1v) is 10.7. The number of hydrogen-bond donors (Lipinski definition) is 2. The number of esters is 1. The monoisotopic (exact) mass is 486 g/mol. The van der Waals surface area contributed by atoms with Crippen molar-refractivity contribution in [3.8, 4) is 11.1 Å². The lowest BCUT2D eigenvalue weighted by Crippen LogP contribution is -2.35. The van der Waals surface area contributed by atoms with E-state index >= 15 is 0 Å². The number of carbonyl (C=O) groups is 3.